The molecule has 0 radical (unpaired) electrons. The third-order valence-corrected chi connectivity index (χ3v) is 3.49. The highest BCUT2D eigenvalue weighted by Crippen LogP contribution is 2.23. The molecule has 0 aromatic heterocycles. The second kappa shape index (κ2) is 8.42. The second-order valence-corrected chi connectivity index (χ2v) is 5.17. The average molecular weight is 292 g/mol. The highest BCUT2D eigenvalue weighted by molar-refractivity contribution is 5.80. The van der Waals surface area contributed by atoms with Crippen molar-refractivity contribution in [3.63, 3.8) is 0 Å². The molecule has 0 aliphatic carbocycles. The van der Waals surface area contributed by atoms with Crippen LogP contribution in [0.2, 0.25) is 0 Å². The summed E-state index contributed by atoms with van der Waals surface area (Å²) in [6, 6.07) is 9.06. The van der Waals surface area contributed by atoms with Crippen LogP contribution in [0, 0.1) is 11.8 Å². The van der Waals surface area contributed by atoms with Crippen LogP contribution in [-0.4, -0.2) is 32.6 Å². The summed E-state index contributed by atoms with van der Waals surface area (Å²) in [6.07, 6.45) is 0. The van der Waals surface area contributed by atoms with Crippen LogP contribution in [-0.2, 0) is 14.3 Å². The number of rotatable bonds is 7. The first-order valence-corrected chi connectivity index (χ1v) is 7.09. The van der Waals surface area contributed by atoms with Gasteiger partial charge in [0.1, 0.15) is 0 Å². The van der Waals surface area contributed by atoms with E-state index in [-0.39, 0.29) is 17.8 Å². The summed E-state index contributed by atoms with van der Waals surface area (Å²) in [5.74, 6) is -1.06. The first kappa shape index (κ1) is 17.2. The third-order valence-electron chi connectivity index (χ3n) is 3.49. The molecule has 2 N–H and O–H groups in total. The number of carbonyl (C=O) groups is 2. The number of methoxy groups -OCH3 is 1. The zero-order valence-electron chi connectivity index (χ0n) is 13.1. The number of carbonyl (C=O) groups excluding carboxylic acids is 2. The van der Waals surface area contributed by atoms with Crippen LogP contribution in [0.25, 0.3) is 0 Å². The van der Waals surface area contributed by atoms with E-state index in [4.69, 9.17) is 4.74 Å². The van der Waals surface area contributed by atoms with E-state index in [2.05, 4.69) is 10.6 Å². The number of benzene rings is 1. The number of amides is 1. The van der Waals surface area contributed by atoms with Crippen LogP contribution in [0.3, 0.4) is 0 Å². The molecule has 0 saturated carbocycles. The predicted octanol–water partition coefficient (Wildman–Crippen LogP) is 1.51. The van der Waals surface area contributed by atoms with Gasteiger partial charge in [-0.2, -0.15) is 0 Å². The fraction of sp³-hybridized carbons (Fsp3) is 0.500. The number of hydrogen-bond acceptors (Lipinski definition) is 4. The van der Waals surface area contributed by atoms with Gasteiger partial charge in [-0.1, -0.05) is 37.3 Å². The highest BCUT2D eigenvalue weighted by atomic mass is 16.5. The van der Waals surface area contributed by atoms with E-state index < -0.39 is 12.0 Å². The molecule has 1 rings (SSSR count). The van der Waals surface area contributed by atoms with Crippen LogP contribution < -0.4 is 10.6 Å². The first-order chi connectivity index (χ1) is 10.0. The lowest BCUT2D eigenvalue weighted by Crippen LogP contribution is -2.40. The van der Waals surface area contributed by atoms with Crippen LogP contribution in [0.1, 0.15) is 25.5 Å². The SMILES string of the molecule is CNCC(C)C(=O)NC(c1ccccc1)C(C)C(=O)OC. The van der Waals surface area contributed by atoms with Crippen LogP contribution in [0.5, 0.6) is 0 Å². The monoisotopic (exact) mass is 292 g/mol. The van der Waals surface area contributed by atoms with E-state index in [1.807, 2.05) is 37.3 Å². The predicted molar refractivity (Wildman–Crippen MR) is 81.6 cm³/mol. The smallest absolute Gasteiger partial charge is 0.310 e. The summed E-state index contributed by atoms with van der Waals surface area (Å²) in [7, 11) is 3.15. The van der Waals surface area contributed by atoms with Crippen molar-refractivity contribution >= 4 is 11.9 Å². The largest absolute Gasteiger partial charge is 0.469 e. The van der Waals surface area contributed by atoms with E-state index >= 15 is 0 Å². The quantitative estimate of drug-likeness (QED) is 0.748. The van der Waals surface area contributed by atoms with Gasteiger partial charge < -0.3 is 15.4 Å². The van der Waals surface area contributed by atoms with Crippen molar-refractivity contribution < 1.29 is 14.3 Å². The summed E-state index contributed by atoms with van der Waals surface area (Å²) in [6.45, 7) is 4.18. The fourth-order valence-electron chi connectivity index (χ4n) is 2.17. The summed E-state index contributed by atoms with van der Waals surface area (Å²) >= 11 is 0. The number of hydrogen-bond donors (Lipinski definition) is 2. The van der Waals surface area contributed by atoms with Gasteiger partial charge in [-0.05, 0) is 19.5 Å². The molecule has 0 heterocycles. The molecule has 3 atom stereocenters. The zero-order valence-corrected chi connectivity index (χ0v) is 13.1. The van der Waals surface area contributed by atoms with Gasteiger partial charge in [0.15, 0.2) is 0 Å². The Morgan fingerprint density at radius 3 is 2.33 bits per heavy atom. The molecule has 5 heteroatoms. The maximum absolute atomic E-state index is 12.2. The van der Waals surface area contributed by atoms with Gasteiger partial charge in [0.25, 0.3) is 0 Å². The molecule has 0 aliphatic rings. The van der Waals surface area contributed by atoms with Crippen molar-refractivity contribution in [2.45, 2.75) is 19.9 Å². The van der Waals surface area contributed by atoms with Crippen molar-refractivity contribution in [2.75, 3.05) is 20.7 Å². The van der Waals surface area contributed by atoms with Gasteiger partial charge >= 0.3 is 5.97 Å². The third kappa shape index (κ3) is 4.86. The van der Waals surface area contributed by atoms with Crippen molar-refractivity contribution in [1.29, 1.82) is 0 Å². The maximum Gasteiger partial charge on any atom is 0.310 e. The Hall–Kier alpha value is -1.88. The molecule has 0 spiro atoms. The maximum atomic E-state index is 12.2. The topological polar surface area (TPSA) is 67.4 Å². The Labute approximate surface area is 126 Å². The van der Waals surface area contributed by atoms with Gasteiger partial charge in [0, 0.05) is 12.5 Å². The van der Waals surface area contributed by atoms with E-state index in [9.17, 15) is 9.59 Å². The Bertz CT molecular complexity index is 462. The first-order valence-electron chi connectivity index (χ1n) is 7.09. The molecule has 1 amide bonds. The van der Waals surface area contributed by atoms with E-state index in [1.165, 1.54) is 7.11 Å². The Morgan fingerprint density at radius 1 is 1.19 bits per heavy atom. The van der Waals surface area contributed by atoms with E-state index in [1.54, 1.807) is 14.0 Å². The van der Waals surface area contributed by atoms with Crippen molar-refractivity contribution in [3.05, 3.63) is 35.9 Å². The molecule has 5 nitrogen and oxygen atoms in total. The summed E-state index contributed by atoms with van der Waals surface area (Å²) < 4.78 is 4.80. The van der Waals surface area contributed by atoms with Gasteiger partial charge in [-0.3, -0.25) is 9.59 Å². The normalized spacial score (nSPS) is 14.9. The average Bonchev–Trinajstić information content (AvgIpc) is 2.51. The molecular formula is C16H24N2O3. The second-order valence-electron chi connectivity index (χ2n) is 5.17. The lowest BCUT2D eigenvalue weighted by atomic mass is 9.93. The standard InChI is InChI=1S/C16H24N2O3/c1-11(10-17-3)15(19)18-14(12(2)16(20)21-4)13-8-6-5-7-9-13/h5-9,11-12,14,17H,10H2,1-4H3,(H,18,19). The van der Waals surface area contributed by atoms with E-state index in [0.717, 1.165) is 5.56 Å². The van der Waals surface area contributed by atoms with Gasteiger partial charge in [-0.25, -0.2) is 0 Å². The van der Waals surface area contributed by atoms with Crippen molar-refractivity contribution in [2.24, 2.45) is 11.8 Å². The van der Waals surface area contributed by atoms with Gasteiger partial charge in [0.2, 0.25) is 5.91 Å². The Morgan fingerprint density at radius 2 is 1.81 bits per heavy atom. The van der Waals surface area contributed by atoms with Crippen molar-refractivity contribution in [3.8, 4) is 0 Å². The molecule has 1 aromatic carbocycles. The number of nitrogens with one attached hydrogen (secondary N) is 2. The fourth-order valence-corrected chi connectivity index (χ4v) is 2.17. The number of esters is 1. The molecule has 0 bridgehead atoms. The van der Waals surface area contributed by atoms with Crippen LogP contribution in [0.15, 0.2) is 30.3 Å². The lowest BCUT2D eigenvalue weighted by molar-refractivity contribution is -0.146. The Balaban J connectivity index is 2.93. The lowest BCUT2D eigenvalue weighted by Gasteiger charge is -2.25. The molecule has 0 saturated heterocycles. The van der Waals surface area contributed by atoms with Gasteiger partial charge in [-0.15, -0.1) is 0 Å². The summed E-state index contributed by atoms with van der Waals surface area (Å²) in [5, 5.41) is 5.93. The summed E-state index contributed by atoms with van der Waals surface area (Å²) in [4.78, 5) is 24.0. The van der Waals surface area contributed by atoms with Gasteiger partial charge in [0.05, 0.1) is 19.1 Å². The molecule has 116 valence electrons. The van der Waals surface area contributed by atoms with Crippen molar-refractivity contribution in [1.82, 2.24) is 10.6 Å². The molecule has 1 aromatic rings. The minimum absolute atomic E-state index is 0.0889. The van der Waals surface area contributed by atoms with E-state index in [0.29, 0.717) is 6.54 Å². The summed E-state index contributed by atoms with van der Waals surface area (Å²) in [5.41, 5.74) is 0.889. The van der Waals surface area contributed by atoms with Crippen LogP contribution in [0.4, 0.5) is 0 Å². The zero-order chi connectivity index (χ0) is 15.8. The molecule has 0 fully saturated rings. The molecule has 3 unspecified atom stereocenters. The molecular weight excluding hydrogens is 268 g/mol. The number of ether oxygens (including phenoxy) is 1. The minimum Gasteiger partial charge on any atom is -0.469 e. The molecule has 21 heavy (non-hydrogen) atoms. The molecule has 0 aliphatic heterocycles. The van der Waals surface area contributed by atoms with Crippen LogP contribution >= 0.6 is 0 Å². The Kier molecular flexibility index (Phi) is 6.88. The highest BCUT2D eigenvalue weighted by Gasteiger charge is 2.28. The minimum atomic E-state index is -0.455.